The maximum atomic E-state index is 12.8. The molecular formula is C22H25N3O3S2. The van der Waals surface area contributed by atoms with Crippen molar-refractivity contribution in [2.75, 3.05) is 18.5 Å². The van der Waals surface area contributed by atoms with E-state index in [1.165, 1.54) is 16.9 Å². The molecule has 0 unspecified atom stereocenters. The summed E-state index contributed by atoms with van der Waals surface area (Å²) in [4.78, 5) is 32.6. The molecule has 4 rings (SSSR count). The minimum absolute atomic E-state index is 0.0364. The molecule has 1 aliphatic rings. The lowest BCUT2D eigenvalue weighted by Gasteiger charge is -2.26. The van der Waals surface area contributed by atoms with Gasteiger partial charge in [-0.1, -0.05) is 32.9 Å². The zero-order valence-corrected chi connectivity index (χ0v) is 19.2. The summed E-state index contributed by atoms with van der Waals surface area (Å²) in [5, 5.41) is 4.85. The first-order valence-corrected chi connectivity index (χ1v) is 11.6. The maximum absolute atomic E-state index is 12.8. The fourth-order valence-corrected chi connectivity index (χ4v) is 5.73. The number of anilines is 1. The van der Waals surface area contributed by atoms with Gasteiger partial charge in [-0.2, -0.15) is 0 Å². The number of ether oxygens (including phenoxy) is 1. The van der Waals surface area contributed by atoms with Crippen molar-refractivity contribution in [2.24, 2.45) is 5.41 Å². The average molecular weight is 444 g/mol. The molecule has 2 aromatic heterocycles. The molecule has 1 aromatic carbocycles. The lowest BCUT2D eigenvalue weighted by molar-refractivity contribution is -0.123. The van der Waals surface area contributed by atoms with Crippen molar-refractivity contribution >= 4 is 49.9 Å². The van der Waals surface area contributed by atoms with Crippen molar-refractivity contribution in [2.45, 2.75) is 40.7 Å². The Kier molecular flexibility index (Phi) is 5.55. The van der Waals surface area contributed by atoms with Gasteiger partial charge in [0.1, 0.15) is 10.0 Å². The van der Waals surface area contributed by atoms with Crippen LogP contribution in [-0.2, 0) is 22.5 Å². The molecule has 0 saturated heterocycles. The van der Waals surface area contributed by atoms with E-state index in [4.69, 9.17) is 9.72 Å². The predicted octanol–water partition coefficient (Wildman–Crippen LogP) is 5.52. The Balaban J connectivity index is 1.77. The summed E-state index contributed by atoms with van der Waals surface area (Å²) in [6, 6.07) is 8.05. The molecule has 0 fully saturated rings. The molecule has 3 aromatic rings. The molecule has 30 heavy (non-hydrogen) atoms. The van der Waals surface area contributed by atoms with Gasteiger partial charge in [-0.05, 0) is 31.0 Å². The number of hydrogen-bond acceptors (Lipinski definition) is 6. The Hall–Kier alpha value is -2.45. The van der Waals surface area contributed by atoms with E-state index in [-0.39, 0.29) is 12.0 Å². The Bertz CT molecular complexity index is 1080. The highest BCUT2D eigenvalue weighted by Gasteiger charge is 2.31. The van der Waals surface area contributed by atoms with Crippen LogP contribution in [-0.4, -0.2) is 35.0 Å². The first-order chi connectivity index (χ1) is 14.3. The lowest BCUT2D eigenvalue weighted by atomic mass is 9.95. The predicted molar refractivity (Wildman–Crippen MR) is 122 cm³/mol. The van der Waals surface area contributed by atoms with Gasteiger partial charge < -0.3 is 15.0 Å². The Morgan fingerprint density at radius 2 is 2.00 bits per heavy atom. The van der Waals surface area contributed by atoms with Crippen molar-refractivity contribution in [3.8, 4) is 10.6 Å². The second-order valence-electron chi connectivity index (χ2n) is 8.27. The minimum atomic E-state index is -0.508. The number of fused-ring (bicyclic) bond motifs is 2. The van der Waals surface area contributed by atoms with E-state index in [0.29, 0.717) is 26.1 Å². The normalized spacial score (nSPS) is 13.9. The molecule has 1 aliphatic heterocycles. The number of nitrogens with one attached hydrogen (secondary N) is 1. The van der Waals surface area contributed by atoms with Gasteiger partial charge in [-0.3, -0.25) is 4.79 Å². The van der Waals surface area contributed by atoms with Crippen molar-refractivity contribution in [3.63, 3.8) is 0 Å². The second kappa shape index (κ2) is 8.00. The largest absolute Gasteiger partial charge is 0.450 e. The van der Waals surface area contributed by atoms with Crippen LogP contribution in [0.5, 0.6) is 0 Å². The fraction of sp³-hybridized carbons (Fsp3) is 0.409. The summed E-state index contributed by atoms with van der Waals surface area (Å²) in [6.07, 6.45) is 0.416. The number of thiophene rings is 1. The van der Waals surface area contributed by atoms with Crippen molar-refractivity contribution in [1.29, 1.82) is 0 Å². The molecule has 0 spiro atoms. The molecule has 0 aliphatic carbocycles. The highest BCUT2D eigenvalue weighted by Crippen LogP contribution is 2.46. The van der Waals surface area contributed by atoms with Gasteiger partial charge in [0.2, 0.25) is 5.91 Å². The molecule has 2 amide bonds. The molecular weight excluding hydrogens is 418 g/mol. The first kappa shape index (κ1) is 20.8. The van der Waals surface area contributed by atoms with E-state index in [1.807, 2.05) is 45.9 Å². The third-order valence-corrected chi connectivity index (χ3v) is 7.18. The average Bonchev–Trinajstić information content (AvgIpc) is 3.27. The first-order valence-electron chi connectivity index (χ1n) is 10.0. The summed E-state index contributed by atoms with van der Waals surface area (Å²) < 4.78 is 6.29. The molecule has 0 radical (unpaired) electrons. The van der Waals surface area contributed by atoms with Gasteiger partial charge in [0.05, 0.1) is 23.4 Å². The monoisotopic (exact) mass is 443 g/mol. The van der Waals surface area contributed by atoms with Crippen LogP contribution in [0.25, 0.3) is 20.8 Å². The third kappa shape index (κ3) is 3.94. The smallest absolute Gasteiger partial charge is 0.410 e. The summed E-state index contributed by atoms with van der Waals surface area (Å²) >= 11 is 3.17. The molecule has 158 valence electrons. The Morgan fingerprint density at radius 1 is 1.23 bits per heavy atom. The van der Waals surface area contributed by atoms with E-state index in [1.54, 1.807) is 16.2 Å². The van der Waals surface area contributed by atoms with Crippen LogP contribution < -0.4 is 5.32 Å². The van der Waals surface area contributed by atoms with E-state index in [0.717, 1.165) is 30.7 Å². The topological polar surface area (TPSA) is 71.5 Å². The van der Waals surface area contributed by atoms with Gasteiger partial charge >= 0.3 is 6.09 Å². The zero-order valence-electron chi connectivity index (χ0n) is 17.6. The number of carbonyl (C=O) groups is 2. The lowest BCUT2D eigenvalue weighted by Crippen LogP contribution is -2.35. The van der Waals surface area contributed by atoms with Crippen LogP contribution in [0, 0.1) is 5.41 Å². The standard InChI is InChI=1S/C22H25N3O3S2/c1-5-28-21(27)25-11-10-13-16(12-25)30-19(24-20(26)22(2,3)4)17(13)18-23-14-8-6-7-9-15(14)29-18/h6-9H,5,10-12H2,1-4H3,(H,24,26). The third-order valence-electron chi connectivity index (χ3n) is 5.00. The van der Waals surface area contributed by atoms with Crippen LogP contribution in [0.3, 0.4) is 0 Å². The van der Waals surface area contributed by atoms with Gasteiger partial charge in [0.25, 0.3) is 0 Å². The summed E-state index contributed by atoms with van der Waals surface area (Å²) in [6.45, 7) is 8.94. The van der Waals surface area contributed by atoms with Gasteiger partial charge in [0, 0.05) is 22.4 Å². The van der Waals surface area contributed by atoms with E-state index in [9.17, 15) is 9.59 Å². The number of carbonyl (C=O) groups excluding carboxylic acids is 2. The molecule has 0 saturated carbocycles. The quantitative estimate of drug-likeness (QED) is 0.578. The summed E-state index contributed by atoms with van der Waals surface area (Å²) in [5.41, 5.74) is 2.61. The van der Waals surface area contributed by atoms with E-state index < -0.39 is 5.41 Å². The van der Waals surface area contributed by atoms with Gasteiger partial charge in [-0.15, -0.1) is 22.7 Å². The molecule has 8 heteroatoms. The fourth-order valence-electron chi connectivity index (χ4n) is 3.36. The molecule has 0 atom stereocenters. The van der Waals surface area contributed by atoms with E-state index in [2.05, 4.69) is 11.4 Å². The van der Waals surface area contributed by atoms with Crippen molar-refractivity contribution in [1.82, 2.24) is 9.88 Å². The highest BCUT2D eigenvalue weighted by atomic mass is 32.1. The van der Waals surface area contributed by atoms with E-state index >= 15 is 0 Å². The number of hydrogen-bond donors (Lipinski definition) is 1. The Labute approximate surface area is 183 Å². The second-order valence-corrected chi connectivity index (χ2v) is 10.4. The summed E-state index contributed by atoms with van der Waals surface area (Å²) in [5.74, 6) is -0.0364. The number of nitrogens with zero attached hydrogens (tertiary/aromatic N) is 2. The molecule has 6 nitrogen and oxygen atoms in total. The minimum Gasteiger partial charge on any atom is -0.450 e. The highest BCUT2D eigenvalue weighted by molar-refractivity contribution is 7.22. The number of thiazole rings is 1. The van der Waals surface area contributed by atoms with Gasteiger partial charge in [0.15, 0.2) is 0 Å². The van der Waals surface area contributed by atoms with Crippen LogP contribution in [0.2, 0.25) is 0 Å². The molecule has 0 bridgehead atoms. The SMILES string of the molecule is CCOC(=O)N1CCc2c(sc(NC(=O)C(C)(C)C)c2-c2nc3ccccc3s2)C1. The molecule has 1 N–H and O–H groups in total. The number of rotatable bonds is 3. The van der Waals surface area contributed by atoms with Crippen molar-refractivity contribution < 1.29 is 14.3 Å². The Morgan fingerprint density at radius 3 is 2.70 bits per heavy atom. The van der Waals surface area contributed by atoms with Crippen LogP contribution >= 0.6 is 22.7 Å². The van der Waals surface area contributed by atoms with Crippen molar-refractivity contribution in [3.05, 3.63) is 34.7 Å². The number of aromatic nitrogens is 1. The molecule has 3 heterocycles. The van der Waals surface area contributed by atoms with Crippen LogP contribution in [0.4, 0.5) is 9.80 Å². The summed E-state index contributed by atoms with van der Waals surface area (Å²) in [7, 11) is 0. The van der Waals surface area contributed by atoms with Crippen LogP contribution in [0.15, 0.2) is 24.3 Å². The number of amides is 2. The van der Waals surface area contributed by atoms with Crippen LogP contribution in [0.1, 0.15) is 38.1 Å². The number of benzene rings is 1. The van der Waals surface area contributed by atoms with Gasteiger partial charge in [-0.25, -0.2) is 9.78 Å². The number of para-hydroxylation sites is 1. The maximum Gasteiger partial charge on any atom is 0.410 e. The zero-order chi connectivity index (χ0) is 21.5.